The Hall–Kier alpha value is -2.43. The average Bonchev–Trinajstić information content (AvgIpc) is 2.94. The highest BCUT2D eigenvalue weighted by atomic mass is 16.5. The Morgan fingerprint density at radius 1 is 1.33 bits per heavy atom. The van der Waals surface area contributed by atoms with E-state index < -0.39 is 0 Å². The molecule has 0 atom stereocenters. The van der Waals surface area contributed by atoms with Gasteiger partial charge in [-0.15, -0.1) is 0 Å². The Balaban J connectivity index is 1.74. The molecular weight excluding hydrogens is 264 g/mol. The van der Waals surface area contributed by atoms with E-state index in [0.29, 0.717) is 24.5 Å². The van der Waals surface area contributed by atoms with Crippen molar-refractivity contribution in [2.24, 2.45) is 5.73 Å². The maximum atomic E-state index is 7.68. The Labute approximate surface area is 123 Å². The van der Waals surface area contributed by atoms with Crippen LogP contribution < -0.4 is 10.5 Å². The maximum absolute atomic E-state index is 7.68. The van der Waals surface area contributed by atoms with Crippen molar-refractivity contribution in [3.63, 3.8) is 0 Å². The number of nitrogens with one attached hydrogen (secondary N) is 1. The van der Waals surface area contributed by atoms with Crippen LogP contribution in [0.1, 0.15) is 28.9 Å². The molecule has 0 unspecified atom stereocenters. The average molecular weight is 282 g/mol. The van der Waals surface area contributed by atoms with Gasteiger partial charge in [-0.05, 0) is 43.0 Å². The fourth-order valence-electron chi connectivity index (χ4n) is 2.55. The second-order valence-electron chi connectivity index (χ2n) is 5.13. The number of amidine groups is 1. The molecule has 0 radical (unpaired) electrons. The van der Waals surface area contributed by atoms with Gasteiger partial charge in [-0.3, -0.25) is 10.4 Å². The summed E-state index contributed by atoms with van der Waals surface area (Å²) in [6.45, 7) is 0.475. The second-order valence-corrected chi connectivity index (χ2v) is 5.13. The first kappa shape index (κ1) is 13.5. The highest BCUT2D eigenvalue weighted by Gasteiger charge is 2.18. The molecule has 1 aliphatic rings. The van der Waals surface area contributed by atoms with Gasteiger partial charge in [0, 0.05) is 24.0 Å². The summed E-state index contributed by atoms with van der Waals surface area (Å²) in [4.78, 5) is 8.80. The first-order valence-corrected chi connectivity index (χ1v) is 7.14. The second kappa shape index (κ2) is 5.91. The van der Waals surface area contributed by atoms with Crippen LogP contribution in [0, 0.1) is 5.41 Å². The Morgan fingerprint density at radius 2 is 2.24 bits per heavy atom. The van der Waals surface area contributed by atoms with Gasteiger partial charge in [0.25, 0.3) is 0 Å². The van der Waals surface area contributed by atoms with Crippen molar-refractivity contribution < 1.29 is 4.74 Å². The molecule has 3 N–H and O–H groups in total. The predicted octanol–water partition coefficient (Wildman–Crippen LogP) is 1.87. The lowest BCUT2D eigenvalue weighted by atomic mass is 10.1. The van der Waals surface area contributed by atoms with Crippen LogP contribution in [-0.2, 0) is 19.3 Å². The number of hydrogen-bond donors (Lipinski definition) is 2. The van der Waals surface area contributed by atoms with E-state index in [1.807, 2.05) is 24.3 Å². The first-order valence-electron chi connectivity index (χ1n) is 7.14. The molecular formula is C16H18N4O. The number of nitrogen functional groups attached to an aromatic ring is 1. The normalized spacial score (nSPS) is 13.0. The van der Waals surface area contributed by atoms with Crippen molar-refractivity contribution in [3.8, 4) is 5.88 Å². The van der Waals surface area contributed by atoms with Gasteiger partial charge in [0.2, 0.25) is 5.88 Å². The third-order valence-corrected chi connectivity index (χ3v) is 3.63. The minimum Gasteiger partial charge on any atom is -0.477 e. The molecule has 2 aromatic rings. The van der Waals surface area contributed by atoms with Crippen molar-refractivity contribution in [2.45, 2.75) is 25.7 Å². The number of fused-ring (bicyclic) bond motifs is 1. The Bertz CT molecular complexity index is 655. The third kappa shape index (κ3) is 3.02. The van der Waals surface area contributed by atoms with E-state index in [4.69, 9.17) is 15.9 Å². The van der Waals surface area contributed by atoms with Crippen molar-refractivity contribution in [2.75, 3.05) is 6.61 Å². The van der Waals surface area contributed by atoms with Crippen molar-refractivity contribution in [3.05, 3.63) is 53.0 Å². The number of aromatic nitrogens is 2. The minimum absolute atomic E-state index is 0.00466. The largest absolute Gasteiger partial charge is 0.477 e. The molecule has 1 aliphatic carbocycles. The van der Waals surface area contributed by atoms with E-state index in [1.165, 1.54) is 5.56 Å². The number of pyridine rings is 2. The molecule has 5 nitrogen and oxygen atoms in total. The monoisotopic (exact) mass is 282 g/mol. The van der Waals surface area contributed by atoms with Gasteiger partial charge in [0.15, 0.2) is 0 Å². The van der Waals surface area contributed by atoms with E-state index in [1.54, 1.807) is 6.20 Å². The fourth-order valence-corrected chi connectivity index (χ4v) is 2.55. The van der Waals surface area contributed by atoms with E-state index in [9.17, 15) is 0 Å². The summed E-state index contributed by atoms with van der Waals surface area (Å²) < 4.78 is 5.76. The van der Waals surface area contributed by atoms with E-state index in [-0.39, 0.29) is 5.84 Å². The van der Waals surface area contributed by atoms with Crippen LogP contribution in [0.3, 0.4) is 0 Å². The summed E-state index contributed by atoms with van der Waals surface area (Å²) in [5.41, 5.74) is 9.48. The molecule has 5 heteroatoms. The molecule has 0 saturated carbocycles. The molecule has 0 spiro atoms. The zero-order valence-corrected chi connectivity index (χ0v) is 11.8. The summed E-state index contributed by atoms with van der Waals surface area (Å²) in [6.07, 6.45) is 5.57. The summed E-state index contributed by atoms with van der Waals surface area (Å²) >= 11 is 0. The summed E-state index contributed by atoms with van der Waals surface area (Å²) in [5, 5.41) is 7.68. The fraction of sp³-hybridized carbons (Fsp3) is 0.312. The predicted molar refractivity (Wildman–Crippen MR) is 80.7 cm³/mol. The molecule has 3 rings (SSSR count). The lowest BCUT2D eigenvalue weighted by molar-refractivity contribution is 0.306. The number of ether oxygens (including phenoxy) is 1. The van der Waals surface area contributed by atoms with E-state index in [2.05, 4.69) is 9.97 Å². The molecule has 0 saturated heterocycles. The van der Waals surface area contributed by atoms with Crippen LogP contribution in [-0.4, -0.2) is 22.4 Å². The molecule has 108 valence electrons. The minimum atomic E-state index is 0.00466. The summed E-state index contributed by atoms with van der Waals surface area (Å²) in [6, 6.07) is 7.76. The molecule has 2 aromatic heterocycles. The topological polar surface area (TPSA) is 84.9 Å². The van der Waals surface area contributed by atoms with Crippen LogP contribution in [0.5, 0.6) is 5.88 Å². The van der Waals surface area contributed by atoms with Crippen LogP contribution in [0.2, 0.25) is 0 Å². The summed E-state index contributed by atoms with van der Waals surface area (Å²) in [5.74, 6) is 0.476. The van der Waals surface area contributed by atoms with Gasteiger partial charge in [-0.2, -0.15) is 0 Å². The zero-order valence-electron chi connectivity index (χ0n) is 11.8. The number of rotatable bonds is 5. The number of nitrogens with two attached hydrogens (primary N) is 1. The lowest BCUT2D eigenvalue weighted by Gasteiger charge is -2.11. The van der Waals surface area contributed by atoms with Crippen LogP contribution in [0.25, 0.3) is 0 Å². The van der Waals surface area contributed by atoms with Gasteiger partial charge >= 0.3 is 0 Å². The molecule has 0 aliphatic heterocycles. The van der Waals surface area contributed by atoms with Gasteiger partial charge in [-0.25, -0.2) is 4.98 Å². The van der Waals surface area contributed by atoms with Crippen molar-refractivity contribution >= 4 is 5.84 Å². The van der Waals surface area contributed by atoms with Crippen molar-refractivity contribution in [1.29, 1.82) is 5.41 Å². The standard InChI is InChI=1S/C16H18N4O/c17-15(18)13-10-11-4-3-6-14(11)20-16(13)21-9-7-12-5-1-2-8-19-12/h1-2,5,8,10H,3-4,6-7,9H2,(H3,17,18). The van der Waals surface area contributed by atoms with Gasteiger partial charge in [0.05, 0.1) is 12.2 Å². The van der Waals surface area contributed by atoms with E-state index >= 15 is 0 Å². The van der Waals surface area contributed by atoms with Gasteiger partial charge in [0.1, 0.15) is 5.84 Å². The molecule has 0 aromatic carbocycles. The molecule has 0 bridgehead atoms. The third-order valence-electron chi connectivity index (χ3n) is 3.63. The molecule has 0 fully saturated rings. The first-order chi connectivity index (χ1) is 10.2. The van der Waals surface area contributed by atoms with E-state index in [0.717, 1.165) is 30.7 Å². The quantitative estimate of drug-likeness (QED) is 0.647. The van der Waals surface area contributed by atoms with Crippen LogP contribution in [0.15, 0.2) is 30.5 Å². The Kier molecular flexibility index (Phi) is 3.81. The molecule has 2 heterocycles. The van der Waals surface area contributed by atoms with Gasteiger partial charge in [-0.1, -0.05) is 6.07 Å². The SMILES string of the molecule is N=C(N)c1cc2c(nc1OCCc1ccccn1)CCC2. The molecule has 0 amide bonds. The zero-order chi connectivity index (χ0) is 14.7. The van der Waals surface area contributed by atoms with Crippen LogP contribution >= 0.6 is 0 Å². The number of aryl methyl sites for hydroxylation is 2. The van der Waals surface area contributed by atoms with Gasteiger partial charge < -0.3 is 10.5 Å². The van der Waals surface area contributed by atoms with Crippen LogP contribution in [0.4, 0.5) is 0 Å². The van der Waals surface area contributed by atoms with Crippen molar-refractivity contribution in [1.82, 2.24) is 9.97 Å². The maximum Gasteiger partial charge on any atom is 0.224 e. The number of hydrogen-bond acceptors (Lipinski definition) is 4. The summed E-state index contributed by atoms with van der Waals surface area (Å²) in [7, 11) is 0. The smallest absolute Gasteiger partial charge is 0.224 e. The highest BCUT2D eigenvalue weighted by molar-refractivity contribution is 5.97. The molecule has 21 heavy (non-hydrogen) atoms. The Morgan fingerprint density at radius 3 is 3.00 bits per heavy atom. The lowest BCUT2D eigenvalue weighted by Crippen LogP contribution is -2.16. The number of nitrogens with zero attached hydrogens (tertiary/aromatic N) is 2. The highest BCUT2D eigenvalue weighted by Crippen LogP contribution is 2.26.